The van der Waals surface area contributed by atoms with Crippen molar-refractivity contribution >= 4 is 11.6 Å². The molecule has 0 unspecified atom stereocenters. The monoisotopic (exact) mass is 292 g/mol. The minimum Gasteiger partial charge on any atom is -0.293 e. The van der Waals surface area contributed by atoms with Crippen LogP contribution in [-0.2, 0) is 13.1 Å². The molecule has 0 aliphatic carbocycles. The smallest absolute Gasteiger partial charge is 0.293 e. The fourth-order valence-corrected chi connectivity index (χ4v) is 2.23. The van der Waals surface area contributed by atoms with Gasteiger partial charge in [-0.25, -0.2) is 4.79 Å². The molecule has 0 bridgehead atoms. The van der Waals surface area contributed by atoms with Crippen molar-refractivity contribution in [3.05, 3.63) is 68.5 Å². The van der Waals surface area contributed by atoms with Crippen molar-refractivity contribution in [2.24, 2.45) is 0 Å². The molecule has 0 fully saturated rings. The molecule has 0 saturated heterocycles. The van der Waals surface area contributed by atoms with Gasteiger partial charge in [-0.15, -0.1) is 11.6 Å². The van der Waals surface area contributed by atoms with E-state index in [2.05, 4.69) is 0 Å². The lowest BCUT2D eigenvalue weighted by molar-refractivity contribution is 0.557. The molecule has 20 heavy (non-hydrogen) atoms. The van der Waals surface area contributed by atoms with E-state index in [0.29, 0.717) is 31.1 Å². The van der Waals surface area contributed by atoms with Crippen molar-refractivity contribution in [1.82, 2.24) is 9.13 Å². The lowest BCUT2D eigenvalue weighted by atomic mass is 10.2. The van der Waals surface area contributed by atoms with Gasteiger partial charge in [0.2, 0.25) is 0 Å². The van der Waals surface area contributed by atoms with Crippen molar-refractivity contribution in [2.45, 2.75) is 26.4 Å². The van der Waals surface area contributed by atoms with Gasteiger partial charge < -0.3 is 0 Å². The Morgan fingerprint density at radius 3 is 2.45 bits per heavy atom. The predicted molar refractivity (Wildman–Crippen MR) is 80.6 cm³/mol. The van der Waals surface area contributed by atoms with Crippen LogP contribution >= 0.6 is 11.6 Å². The third-order valence-corrected chi connectivity index (χ3v) is 3.45. The van der Waals surface area contributed by atoms with Gasteiger partial charge in [-0.05, 0) is 18.9 Å². The highest BCUT2D eigenvalue weighted by Crippen LogP contribution is 2.02. The summed E-state index contributed by atoms with van der Waals surface area (Å²) in [6, 6.07) is 11.2. The molecule has 106 valence electrons. The van der Waals surface area contributed by atoms with Gasteiger partial charge in [0.05, 0.1) is 6.54 Å². The normalized spacial score (nSPS) is 10.7. The number of halogens is 1. The molecular weight excluding hydrogens is 276 g/mol. The fraction of sp³-hybridized carbons (Fsp3) is 0.333. The summed E-state index contributed by atoms with van der Waals surface area (Å²) in [7, 11) is 0. The van der Waals surface area contributed by atoms with Gasteiger partial charge in [-0.1, -0.05) is 30.3 Å². The van der Waals surface area contributed by atoms with Crippen LogP contribution in [0.2, 0.25) is 0 Å². The van der Waals surface area contributed by atoms with E-state index in [0.717, 1.165) is 5.56 Å². The predicted octanol–water partition coefficient (Wildman–Crippen LogP) is 2.00. The maximum atomic E-state index is 12.4. The summed E-state index contributed by atoms with van der Waals surface area (Å²) in [6.07, 6.45) is 0.602. The first-order chi connectivity index (χ1) is 9.63. The minimum absolute atomic E-state index is 0.262. The van der Waals surface area contributed by atoms with Gasteiger partial charge in [0.15, 0.2) is 0 Å². The summed E-state index contributed by atoms with van der Waals surface area (Å²) in [4.78, 5) is 24.3. The van der Waals surface area contributed by atoms with E-state index in [-0.39, 0.29) is 11.2 Å². The largest absolute Gasteiger partial charge is 0.331 e. The summed E-state index contributed by atoms with van der Waals surface area (Å²) in [5.41, 5.74) is 1.16. The SMILES string of the molecule is Cc1cc(=O)n(CCCCl)c(=O)n1Cc1ccccc1. The van der Waals surface area contributed by atoms with E-state index in [1.165, 1.54) is 10.6 Å². The van der Waals surface area contributed by atoms with Crippen LogP contribution in [0.25, 0.3) is 0 Å². The number of hydrogen-bond acceptors (Lipinski definition) is 2. The first-order valence-corrected chi connectivity index (χ1v) is 7.08. The van der Waals surface area contributed by atoms with E-state index >= 15 is 0 Å². The van der Waals surface area contributed by atoms with Crippen LogP contribution in [0.1, 0.15) is 17.7 Å². The molecule has 0 radical (unpaired) electrons. The van der Waals surface area contributed by atoms with Crippen molar-refractivity contribution in [3.8, 4) is 0 Å². The summed E-state index contributed by atoms with van der Waals surface area (Å²) in [6.45, 7) is 2.60. The van der Waals surface area contributed by atoms with E-state index in [1.54, 1.807) is 11.5 Å². The zero-order chi connectivity index (χ0) is 14.5. The van der Waals surface area contributed by atoms with E-state index in [9.17, 15) is 9.59 Å². The van der Waals surface area contributed by atoms with Crippen LogP contribution < -0.4 is 11.2 Å². The Hall–Kier alpha value is -1.81. The molecule has 5 heteroatoms. The Bertz CT molecular complexity index is 689. The van der Waals surface area contributed by atoms with Crippen molar-refractivity contribution in [2.75, 3.05) is 5.88 Å². The van der Waals surface area contributed by atoms with Gasteiger partial charge in [0.25, 0.3) is 5.56 Å². The Morgan fingerprint density at radius 2 is 1.80 bits per heavy atom. The molecule has 0 aliphatic heterocycles. The van der Waals surface area contributed by atoms with Gasteiger partial charge >= 0.3 is 5.69 Å². The molecule has 0 saturated carbocycles. The molecule has 4 nitrogen and oxygen atoms in total. The quantitative estimate of drug-likeness (QED) is 0.791. The van der Waals surface area contributed by atoms with E-state index < -0.39 is 0 Å². The maximum Gasteiger partial charge on any atom is 0.331 e. The second kappa shape index (κ2) is 6.57. The highest BCUT2D eigenvalue weighted by Gasteiger charge is 2.08. The first kappa shape index (κ1) is 14.6. The summed E-state index contributed by atoms with van der Waals surface area (Å²) in [5, 5.41) is 0. The van der Waals surface area contributed by atoms with E-state index in [4.69, 9.17) is 11.6 Å². The standard InChI is InChI=1S/C15H17ClN2O2/c1-12-10-14(19)17(9-5-8-16)15(20)18(12)11-13-6-3-2-4-7-13/h2-4,6-7,10H,5,8-9,11H2,1H3. The number of benzene rings is 1. The summed E-state index contributed by atoms with van der Waals surface area (Å²) in [5.74, 6) is 0.429. The van der Waals surface area contributed by atoms with Crippen molar-refractivity contribution in [3.63, 3.8) is 0 Å². The average molecular weight is 293 g/mol. The summed E-state index contributed by atoms with van der Waals surface area (Å²) >= 11 is 5.63. The molecule has 0 N–H and O–H groups in total. The Kier molecular flexibility index (Phi) is 4.79. The topological polar surface area (TPSA) is 44.0 Å². The lowest BCUT2D eigenvalue weighted by Crippen LogP contribution is -2.40. The van der Waals surface area contributed by atoms with E-state index in [1.807, 2.05) is 30.3 Å². The maximum absolute atomic E-state index is 12.4. The van der Waals surface area contributed by atoms with Crippen LogP contribution in [0.5, 0.6) is 0 Å². The number of nitrogens with zero attached hydrogens (tertiary/aromatic N) is 2. The zero-order valence-corrected chi connectivity index (χ0v) is 12.1. The Morgan fingerprint density at radius 1 is 1.10 bits per heavy atom. The van der Waals surface area contributed by atoms with Crippen LogP contribution in [0, 0.1) is 6.92 Å². The molecule has 0 spiro atoms. The minimum atomic E-state index is -0.274. The lowest BCUT2D eigenvalue weighted by Gasteiger charge is -2.13. The summed E-state index contributed by atoms with van der Waals surface area (Å²) < 4.78 is 2.86. The first-order valence-electron chi connectivity index (χ1n) is 6.54. The van der Waals surface area contributed by atoms with Crippen molar-refractivity contribution in [1.29, 1.82) is 0 Å². The number of rotatable bonds is 5. The molecule has 0 aliphatic rings. The van der Waals surface area contributed by atoms with Gasteiger partial charge in [0.1, 0.15) is 0 Å². The Balaban J connectivity index is 2.43. The molecule has 2 rings (SSSR count). The third-order valence-electron chi connectivity index (χ3n) is 3.18. The fourth-order valence-electron chi connectivity index (χ4n) is 2.11. The van der Waals surface area contributed by atoms with Gasteiger partial charge in [0, 0.05) is 24.2 Å². The molecule has 1 aromatic heterocycles. The molecule has 1 heterocycles. The highest BCUT2D eigenvalue weighted by molar-refractivity contribution is 6.17. The number of aromatic nitrogens is 2. The highest BCUT2D eigenvalue weighted by atomic mass is 35.5. The van der Waals surface area contributed by atoms with Gasteiger partial charge in [-0.3, -0.25) is 13.9 Å². The van der Waals surface area contributed by atoms with Gasteiger partial charge in [-0.2, -0.15) is 0 Å². The Labute approximate surface area is 122 Å². The van der Waals surface area contributed by atoms with Crippen LogP contribution in [0.3, 0.4) is 0 Å². The molecule has 0 atom stereocenters. The van der Waals surface area contributed by atoms with Crippen LogP contribution in [0.4, 0.5) is 0 Å². The molecule has 0 amide bonds. The van der Waals surface area contributed by atoms with Crippen LogP contribution in [0.15, 0.2) is 46.0 Å². The van der Waals surface area contributed by atoms with Crippen molar-refractivity contribution < 1.29 is 0 Å². The number of alkyl halides is 1. The second-order valence-corrected chi connectivity index (χ2v) is 5.05. The molecule has 2 aromatic rings. The molecular formula is C15H17ClN2O2. The number of aryl methyl sites for hydroxylation is 1. The second-order valence-electron chi connectivity index (χ2n) is 4.67. The van der Waals surface area contributed by atoms with Crippen LogP contribution in [-0.4, -0.2) is 15.0 Å². The molecule has 1 aromatic carbocycles. The average Bonchev–Trinajstić information content (AvgIpc) is 2.44. The zero-order valence-electron chi connectivity index (χ0n) is 11.4. The number of hydrogen-bond donors (Lipinski definition) is 0. The third kappa shape index (κ3) is 3.20.